The highest BCUT2D eigenvalue weighted by Crippen LogP contribution is 2.16. The number of ether oxygens (including phenoxy) is 1. The van der Waals surface area contributed by atoms with Crippen molar-refractivity contribution in [2.45, 2.75) is 63.6 Å². The molecule has 2 N–H and O–H groups in total. The lowest BCUT2D eigenvalue weighted by Crippen LogP contribution is -2.49. The summed E-state index contributed by atoms with van der Waals surface area (Å²) in [4.78, 5) is 11.8. The van der Waals surface area contributed by atoms with Gasteiger partial charge in [-0.25, -0.2) is 0 Å². The first-order valence-electron chi connectivity index (χ1n) is 6.88. The average molecular weight is 240 g/mol. The zero-order valence-corrected chi connectivity index (χ0v) is 10.7. The molecule has 98 valence electrons. The van der Waals surface area contributed by atoms with E-state index in [0.29, 0.717) is 18.5 Å². The zero-order chi connectivity index (χ0) is 12.1. The van der Waals surface area contributed by atoms with Crippen LogP contribution in [-0.4, -0.2) is 37.2 Å². The van der Waals surface area contributed by atoms with E-state index < -0.39 is 0 Å². The number of hydrogen-bond acceptors (Lipinski definition) is 3. The molecule has 3 atom stereocenters. The fraction of sp³-hybridized carbons (Fsp3) is 0.923. The molecule has 3 unspecified atom stereocenters. The van der Waals surface area contributed by atoms with Gasteiger partial charge in [0.2, 0.25) is 5.91 Å². The number of rotatable bonds is 3. The second-order valence-electron chi connectivity index (χ2n) is 5.34. The molecule has 0 radical (unpaired) electrons. The number of piperidine rings is 1. The van der Waals surface area contributed by atoms with Gasteiger partial charge in [0.1, 0.15) is 0 Å². The van der Waals surface area contributed by atoms with E-state index in [4.69, 9.17) is 4.74 Å². The van der Waals surface area contributed by atoms with Crippen molar-refractivity contribution in [2.75, 3.05) is 13.2 Å². The van der Waals surface area contributed by atoms with Gasteiger partial charge >= 0.3 is 0 Å². The van der Waals surface area contributed by atoms with Gasteiger partial charge in [-0.1, -0.05) is 0 Å². The van der Waals surface area contributed by atoms with Crippen molar-refractivity contribution in [3.8, 4) is 0 Å². The average Bonchev–Trinajstić information content (AvgIpc) is 2.33. The molecule has 0 aromatic carbocycles. The maximum Gasteiger partial charge on any atom is 0.222 e. The minimum Gasteiger partial charge on any atom is -0.378 e. The van der Waals surface area contributed by atoms with Gasteiger partial charge in [0.05, 0.1) is 12.5 Å². The number of amides is 1. The van der Waals surface area contributed by atoms with E-state index >= 15 is 0 Å². The molecule has 4 nitrogen and oxygen atoms in total. The van der Waals surface area contributed by atoms with E-state index in [0.717, 1.165) is 38.8 Å². The van der Waals surface area contributed by atoms with E-state index in [1.54, 1.807) is 0 Å². The van der Waals surface area contributed by atoms with Gasteiger partial charge in [0.25, 0.3) is 0 Å². The molecule has 2 fully saturated rings. The van der Waals surface area contributed by atoms with Gasteiger partial charge in [0, 0.05) is 25.2 Å². The first-order chi connectivity index (χ1) is 8.24. The normalized spacial score (nSPS) is 34.3. The second kappa shape index (κ2) is 6.36. The van der Waals surface area contributed by atoms with Crippen molar-refractivity contribution >= 4 is 5.91 Å². The molecule has 0 aromatic rings. The maximum absolute atomic E-state index is 11.8. The standard InChI is InChI=1S/C13H24N2O2/c1-10-5-6-11(9-14-10)15-13(16)8-12-4-2-3-7-17-12/h10-12,14H,2-9H2,1H3,(H,15,16). The van der Waals surface area contributed by atoms with Crippen molar-refractivity contribution in [2.24, 2.45) is 0 Å². The molecule has 0 spiro atoms. The van der Waals surface area contributed by atoms with Crippen LogP contribution in [0.1, 0.15) is 45.4 Å². The summed E-state index contributed by atoms with van der Waals surface area (Å²) in [6, 6.07) is 0.895. The Labute approximate surface area is 103 Å². The van der Waals surface area contributed by atoms with Crippen LogP contribution in [0.5, 0.6) is 0 Å². The Morgan fingerprint density at radius 2 is 2.24 bits per heavy atom. The Kier molecular flexibility index (Phi) is 4.80. The van der Waals surface area contributed by atoms with E-state index in [-0.39, 0.29) is 12.0 Å². The maximum atomic E-state index is 11.8. The number of nitrogens with one attached hydrogen (secondary N) is 2. The molecule has 2 rings (SSSR count). The molecule has 0 aromatic heterocycles. The summed E-state index contributed by atoms with van der Waals surface area (Å²) in [6.07, 6.45) is 6.29. The summed E-state index contributed by atoms with van der Waals surface area (Å²) in [6.45, 7) is 3.91. The first kappa shape index (κ1) is 12.8. The Hall–Kier alpha value is -0.610. The second-order valence-corrected chi connectivity index (χ2v) is 5.34. The summed E-state index contributed by atoms with van der Waals surface area (Å²) >= 11 is 0. The molecule has 2 heterocycles. The van der Waals surface area contributed by atoms with Crippen molar-refractivity contribution in [1.82, 2.24) is 10.6 Å². The van der Waals surface area contributed by atoms with Crippen molar-refractivity contribution in [1.29, 1.82) is 0 Å². The summed E-state index contributed by atoms with van der Waals surface area (Å²) in [5.41, 5.74) is 0. The van der Waals surface area contributed by atoms with E-state index in [1.807, 2.05) is 0 Å². The highest BCUT2D eigenvalue weighted by Gasteiger charge is 2.22. The minimum atomic E-state index is 0.151. The lowest BCUT2D eigenvalue weighted by Gasteiger charge is -2.29. The van der Waals surface area contributed by atoms with Gasteiger partial charge < -0.3 is 15.4 Å². The molecule has 4 heteroatoms. The third-order valence-corrected chi connectivity index (χ3v) is 3.71. The van der Waals surface area contributed by atoms with Gasteiger partial charge in [-0.15, -0.1) is 0 Å². The number of carbonyl (C=O) groups is 1. The van der Waals surface area contributed by atoms with Crippen LogP contribution in [0.4, 0.5) is 0 Å². The van der Waals surface area contributed by atoms with Gasteiger partial charge in [-0.2, -0.15) is 0 Å². The summed E-state index contributed by atoms with van der Waals surface area (Å²) in [7, 11) is 0. The molecule has 17 heavy (non-hydrogen) atoms. The Balaban J connectivity index is 1.66. The summed E-state index contributed by atoms with van der Waals surface area (Å²) in [5, 5.41) is 6.50. The predicted molar refractivity (Wildman–Crippen MR) is 66.8 cm³/mol. The molecule has 2 aliphatic heterocycles. The molecule has 2 saturated heterocycles. The van der Waals surface area contributed by atoms with E-state index in [2.05, 4.69) is 17.6 Å². The summed E-state index contributed by atoms with van der Waals surface area (Å²) < 4.78 is 5.58. The SMILES string of the molecule is CC1CCC(NC(=O)CC2CCCCO2)CN1. The quantitative estimate of drug-likeness (QED) is 0.779. The highest BCUT2D eigenvalue weighted by molar-refractivity contribution is 5.76. The van der Waals surface area contributed by atoms with Crippen LogP contribution in [0.15, 0.2) is 0 Å². The van der Waals surface area contributed by atoms with Crippen LogP contribution < -0.4 is 10.6 Å². The molecule has 0 aliphatic carbocycles. The van der Waals surface area contributed by atoms with Crippen LogP contribution in [0, 0.1) is 0 Å². The first-order valence-corrected chi connectivity index (χ1v) is 6.88. The number of hydrogen-bond donors (Lipinski definition) is 2. The number of carbonyl (C=O) groups excluding carboxylic acids is 1. The molecule has 0 saturated carbocycles. The van der Waals surface area contributed by atoms with Crippen molar-refractivity contribution < 1.29 is 9.53 Å². The summed E-state index contributed by atoms with van der Waals surface area (Å²) in [5.74, 6) is 0.151. The third-order valence-electron chi connectivity index (χ3n) is 3.71. The lowest BCUT2D eigenvalue weighted by atomic mass is 10.0. The van der Waals surface area contributed by atoms with Crippen LogP contribution in [0.2, 0.25) is 0 Å². The monoisotopic (exact) mass is 240 g/mol. The highest BCUT2D eigenvalue weighted by atomic mass is 16.5. The van der Waals surface area contributed by atoms with Crippen molar-refractivity contribution in [3.05, 3.63) is 0 Å². The fourth-order valence-electron chi connectivity index (χ4n) is 2.58. The fourth-order valence-corrected chi connectivity index (χ4v) is 2.58. The van der Waals surface area contributed by atoms with Crippen LogP contribution in [0.25, 0.3) is 0 Å². The van der Waals surface area contributed by atoms with Crippen molar-refractivity contribution in [3.63, 3.8) is 0 Å². The Morgan fingerprint density at radius 3 is 2.88 bits per heavy atom. The van der Waals surface area contributed by atoms with E-state index in [9.17, 15) is 4.79 Å². The molecule has 0 bridgehead atoms. The van der Waals surface area contributed by atoms with Gasteiger partial charge in [-0.3, -0.25) is 4.79 Å². The molecule has 1 amide bonds. The smallest absolute Gasteiger partial charge is 0.222 e. The van der Waals surface area contributed by atoms with Crippen LogP contribution >= 0.6 is 0 Å². The molecular weight excluding hydrogens is 216 g/mol. The van der Waals surface area contributed by atoms with Gasteiger partial charge in [0.15, 0.2) is 0 Å². The molecule has 2 aliphatic rings. The molecular formula is C13H24N2O2. The van der Waals surface area contributed by atoms with Gasteiger partial charge in [-0.05, 0) is 39.0 Å². The Morgan fingerprint density at radius 1 is 1.35 bits per heavy atom. The third kappa shape index (κ3) is 4.28. The van der Waals surface area contributed by atoms with E-state index in [1.165, 1.54) is 6.42 Å². The van der Waals surface area contributed by atoms with Crippen LogP contribution in [-0.2, 0) is 9.53 Å². The minimum absolute atomic E-state index is 0.151. The predicted octanol–water partition coefficient (Wildman–Crippen LogP) is 1.20. The lowest BCUT2D eigenvalue weighted by molar-refractivity contribution is -0.125. The zero-order valence-electron chi connectivity index (χ0n) is 10.7. The van der Waals surface area contributed by atoms with Crippen LogP contribution in [0.3, 0.4) is 0 Å². The largest absolute Gasteiger partial charge is 0.378 e. The Bertz CT molecular complexity index is 244. The topological polar surface area (TPSA) is 50.4 Å².